The fraction of sp³-hybridized carbons (Fsp3) is 0.650. The minimum Gasteiger partial charge on any atom is -0.358 e. The molecule has 0 aromatic heterocycles. The van der Waals surface area contributed by atoms with Crippen LogP contribution in [-0.4, -0.2) is 19.0 Å². The fourth-order valence-electron chi connectivity index (χ4n) is 3.65. The lowest BCUT2D eigenvalue weighted by Gasteiger charge is -2.27. The lowest BCUT2D eigenvalue weighted by Crippen LogP contribution is -2.43. The summed E-state index contributed by atoms with van der Waals surface area (Å²) in [5, 5.41) is 6.18. The molecule has 1 aromatic rings. The molecule has 0 aliphatic heterocycles. The van der Waals surface area contributed by atoms with Crippen molar-refractivity contribution in [2.75, 3.05) is 7.05 Å². The van der Waals surface area contributed by atoms with Crippen molar-refractivity contribution in [3.8, 4) is 0 Å². The van der Waals surface area contributed by atoms with Gasteiger partial charge in [-0.1, -0.05) is 57.4 Å². The molecule has 3 nitrogen and oxygen atoms in total. The van der Waals surface area contributed by atoms with Crippen LogP contribution in [0, 0.1) is 5.92 Å². The molecule has 1 fully saturated rings. The van der Waals surface area contributed by atoms with Crippen LogP contribution in [0.25, 0.3) is 0 Å². The van der Waals surface area contributed by atoms with E-state index in [1.165, 1.54) is 43.2 Å². The molecule has 2 rings (SSSR count). The van der Waals surface area contributed by atoms with E-state index in [1.807, 2.05) is 6.92 Å². The Morgan fingerprint density at radius 3 is 2.17 bits per heavy atom. The van der Waals surface area contributed by atoms with E-state index in [9.17, 15) is 4.79 Å². The monoisotopic (exact) mass is 316 g/mol. The van der Waals surface area contributed by atoms with Gasteiger partial charge in [0.05, 0.1) is 6.04 Å². The van der Waals surface area contributed by atoms with Crippen molar-refractivity contribution in [3.05, 3.63) is 35.4 Å². The van der Waals surface area contributed by atoms with Crippen LogP contribution in [0.15, 0.2) is 24.3 Å². The molecule has 1 aliphatic rings. The van der Waals surface area contributed by atoms with Crippen LogP contribution >= 0.6 is 0 Å². The lowest BCUT2D eigenvalue weighted by atomic mass is 9.83. The van der Waals surface area contributed by atoms with E-state index in [0.717, 1.165) is 5.92 Å². The van der Waals surface area contributed by atoms with Crippen LogP contribution in [0.2, 0.25) is 0 Å². The summed E-state index contributed by atoms with van der Waals surface area (Å²) in [6.07, 6.45) is 6.79. The Hall–Kier alpha value is -1.35. The van der Waals surface area contributed by atoms with Crippen LogP contribution in [0.1, 0.15) is 76.0 Å². The summed E-state index contributed by atoms with van der Waals surface area (Å²) in [4.78, 5) is 11.8. The van der Waals surface area contributed by atoms with Gasteiger partial charge in [0, 0.05) is 13.1 Å². The minimum absolute atomic E-state index is 0.0366. The first-order valence-corrected chi connectivity index (χ1v) is 9.10. The molecular formula is C20H32N2O. The van der Waals surface area contributed by atoms with Crippen LogP contribution in [-0.2, 0) is 4.79 Å². The van der Waals surface area contributed by atoms with Crippen molar-refractivity contribution >= 4 is 5.91 Å². The number of hydrogen-bond acceptors (Lipinski definition) is 2. The first-order valence-electron chi connectivity index (χ1n) is 9.10. The van der Waals surface area contributed by atoms with Gasteiger partial charge in [0.25, 0.3) is 0 Å². The van der Waals surface area contributed by atoms with Gasteiger partial charge in [-0.2, -0.15) is 0 Å². The molecule has 1 amide bonds. The van der Waals surface area contributed by atoms with Gasteiger partial charge in [-0.15, -0.1) is 0 Å². The molecule has 0 unspecified atom stereocenters. The van der Waals surface area contributed by atoms with E-state index in [4.69, 9.17) is 0 Å². The molecular weight excluding hydrogens is 284 g/mol. The average molecular weight is 316 g/mol. The normalized spacial score (nSPS) is 18.7. The van der Waals surface area contributed by atoms with Crippen molar-refractivity contribution in [3.63, 3.8) is 0 Å². The summed E-state index contributed by atoms with van der Waals surface area (Å²) in [5.41, 5.74) is 2.76. The molecule has 0 radical (unpaired) electrons. The second-order valence-electron chi connectivity index (χ2n) is 7.23. The topological polar surface area (TPSA) is 41.1 Å². The fourth-order valence-corrected chi connectivity index (χ4v) is 3.65. The number of carbonyl (C=O) groups is 1. The SMILES string of the molecule is CNC(=O)[C@H](C)N[C@H](c1ccc(C2CCCCC2)cc1)C(C)C. The van der Waals surface area contributed by atoms with Crippen LogP contribution in [0.5, 0.6) is 0 Å². The Bertz CT molecular complexity index is 489. The first-order chi connectivity index (χ1) is 11.0. The number of likely N-dealkylation sites (N-methyl/N-ethyl adjacent to an activating group) is 1. The van der Waals surface area contributed by atoms with E-state index in [2.05, 4.69) is 48.7 Å². The average Bonchev–Trinajstić information content (AvgIpc) is 2.59. The largest absolute Gasteiger partial charge is 0.358 e. The summed E-state index contributed by atoms with van der Waals surface area (Å²) < 4.78 is 0. The highest BCUT2D eigenvalue weighted by Crippen LogP contribution is 2.33. The molecule has 0 heterocycles. The summed E-state index contributed by atoms with van der Waals surface area (Å²) >= 11 is 0. The van der Waals surface area contributed by atoms with Crippen molar-refractivity contribution in [2.24, 2.45) is 5.92 Å². The second-order valence-corrected chi connectivity index (χ2v) is 7.23. The maximum atomic E-state index is 11.8. The number of carbonyl (C=O) groups excluding carboxylic acids is 1. The van der Waals surface area contributed by atoms with Crippen LogP contribution in [0.3, 0.4) is 0 Å². The number of amides is 1. The molecule has 0 spiro atoms. The van der Waals surface area contributed by atoms with Gasteiger partial charge in [0.1, 0.15) is 0 Å². The zero-order valence-electron chi connectivity index (χ0n) is 15.1. The summed E-state index contributed by atoms with van der Waals surface area (Å²) in [6.45, 7) is 6.32. The molecule has 1 aromatic carbocycles. The molecule has 23 heavy (non-hydrogen) atoms. The van der Waals surface area contributed by atoms with Crippen LogP contribution in [0.4, 0.5) is 0 Å². The molecule has 2 N–H and O–H groups in total. The Morgan fingerprint density at radius 2 is 1.65 bits per heavy atom. The Kier molecular flexibility index (Phi) is 6.64. The lowest BCUT2D eigenvalue weighted by molar-refractivity contribution is -0.122. The van der Waals surface area contributed by atoms with Crippen molar-refractivity contribution in [1.29, 1.82) is 0 Å². The Labute approximate surface area is 141 Å². The highest BCUT2D eigenvalue weighted by molar-refractivity contribution is 5.81. The molecule has 1 aliphatic carbocycles. The van der Waals surface area contributed by atoms with Crippen LogP contribution < -0.4 is 10.6 Å². The predicted octanol–water partition coefficient (Wildman–Crippen LogP) is 4.16. The van der Waals surface area contributed by atoms with Gasteiger partial charge in [-0.3, -0.25) is 10.1 Å². The Morgan fingerprint density at radius 1 is 1.04 bits per heavy atom. The third-order valence-electron chi connectivity index (χ3n) is 5.11. The van der Waals surface area contributed by atoms with E-state index in [1.54, 1.807) is 7.05 Å². The van der Waals surface area contributed by atoms with Crippen molar-refractivity contribution in [1.82, 2.24) is 10.6 Å². The quantitative estimate of drug-likeness (QED) is 0.827. The summed E-state index contributed by atoms with van der Waals surface area (Å²) in [6, 6.07) is 9.10. The predicted molar refractivity (Wildman–Crippen MR) is 96.5 cm³/mol. The first kappa shape index (κ1) is 18.0. The third kappa shape index (κ3) is 4.81. The van der Waals surface area contributed by atoms with Crippen molar-refractivity contribution in [2.45, 2.75) is 70.9 Å². The summed E-state index contributed by atoms with van der Waals surface area (Å²) in [5.74, 6) is 1.21. The molecule has 2 atom stereocenters. The highest BCUT2D eigenvalue weighted by Gasteiger charge is 2.22. The smallest absolute Gasteiger partial charge is 0.236 e. The minimum atomic E-state index is -0.189. The summed E-state index contributed by atoms with van der Waals surface area (Å²) in [7, 11) is 1.68. The number of benzene rings is 1. The van der Waals surface area contributed by atoms with E-state index in [0.29, 0.717) is 5.92 Å². The van der Waals surface area contributed by atoms with E-state index >= 15 is 0 Å². The van der Waals surface area contributed by atoms with Gasteiger partial charge in [0.2, 0.25) is 5.91 Å². The second kappa shape index (κ2) is 8.49. The standard InChI is InChI=1S/C20H32N2O/c1-14(2)19(22-15(3)20(23)21-4)18-12-10-17(11-13-18)16-8-6-5-7-9-16/h10-16,19,22H,5-9H2,1-4H3,(H,21,23)/t15-,19-/m0/s1. The van der Waals surface area contributed by atoms with Crippen molar-refractivity contribution < 1.29 is 4.79 Å². The van der Waals surface area contributed by atoms with Gasteiger partial charge >= 0.3 is 0 Å². The molecule has 1 saturated carbocycles. The number of nitrogens with one attached hydrogen (secondary N) is 2. The molecule has 0 bridgehead atoms. The zero-order chi connectivity index (χ0) is 16.8. The zero-order valence-corrected chi connectivity index (χ0v) is 15.1. The molecule has 0 saturated heterocycles. The molecule has 3 heteroatoms. The van der Waals surface area contributed by atoms with Gasteiger partial charge in [-0.05, 0) is 42.7 Å². The van der Waals surface area contributed by atoms with E-state index in [-0.39, 0.29) is 18.0 Å². The highest BCUT2D eigenvalue weighted by atomic mass is 16.2. The van der Waals surface area contributed by atoms with Gasteiger partial charge in [-0.25, -0.2) is 0 Å². The Balaban J connectivity index is 2.08. The van der Waals surface area contributed by atoms with E-state index < -0.39 is 0 Å². The van der Waals surface area contributed by atoms with Gasteiger partial charge < -0.3 is 5.32 Å². The number of hydrogen-bond donors (Lipinski definition) is 2. The maximum absolute atomic E-state index is 11.8. The third-order valence-corrected chi connectivity index (χ3v) is 5.11. The van der Waals surface area contributed by atoms with Gasteiger partial charge in [0.15, 0.2) is 0 Å². The number of rotatable bonds is 6. The molecule has 128 valence electrons. The maximum Gasteiger partial charge on any atom is 0.236 e.